The van der Waals surface area contributed by atoms with Crippen molar-refractivity contribution in [2.75, 3.05) is 39.4 Å². The highest BCUT2D eigenvalue weighted by Gasteiger charge is 2.42. The van der Waals surface area contributed by atoms with E-state index in [0.717, 1.165) is 19.6 Å². The molecule has 0 unspecified atom stereocenters. The predicted octanol–water partition coefficient (Wildman–Crippen LogP) is 0.184. The van der Waals surface area contributed by atoms with Gasteiger partial charge in [-0.15, -0.1) is 0 Å². The van der Waals surface area contributed by atoms with Gasteiger partial charge in [0.15, 0.2) is 11.5 Å². The van der Waals surface area contributed by atoms with Crippen molar-refractivity contribution in [3.63, 3.8) is 0 Å². The van der Waals surface area contributed by atoms with Gasteiger partial charge >= 0.3 is 0 Å². The number of ketones is 1. The fraction of sp³-hybridized carbons (Fsp3) is 0.474. The highest BCUT2D eigenvalue weighted by atomic mass is 16.6. The molecule has 9 nitrogen and oxygen atoms in total. The summed E-state index contributed by atoms with van der Waals surface area (Å²) in [6, 6.07) is 5.03. The first kappa shape index (κ1) is 20.0. The summed E-state index contributed by atoms with van der Waals surface area (Å²) in [7, 11) is 0. The summed E-state index contributed by atoms with van der Waals surface area (Å²) in [6.45, 7) is 5.71. The molecule has 2 aliphatic heterocycles. The molecule has 0 spiro atoms. The van der Waals surface area contributed by atoms with Crippen LogP contribution in [0.25, 0.3) is 0 Å². The highest BCUT2D eigenvalue weighted by Crippen LogP contribution is 2.38. The lowest BCUT2D eigenvalue weighted by atomic mass is 9.96. The lowest BCUT2D eigenvalue weighted by Crippen LogP contribution is -3.14. The summed E-state index contributed by atoms with van der Waals surface area (Å²) in [4.78, 5) is 38.2. The van der Waals surface area contributed by atoms with Gasteiger partial charge in [-0.3, -0.25) is 19.7 Å². The summed E-state index contributed by atoms with van der Waals surface area (Å²) in [5.74, 6) is -1.61. The van der Waals surface area contributed by atoms with Crippen LogP contribution in [0.3, 0.4) is 0 Å². The molecule has 0 aromatic heterocycles. The maximum atomic E-state index is 12.6. The second-order valence-electron chi connectivity index (χ2n) is 7.04. The minimum absolute atomic E-state index is 0.00998. The van der Waals surface area contributed by atoms with Gasteiger partial charge in [0.25, 0.3) is 11.6 Å². The Morgan fingerprint density at radius 1 is 1.39 bits per heavy atom. The van der Waals surface area contributed by atoms with E-state index in [2.05, 4.69) is 0 Å². The average molecular weight is 390 g/mol. The van der Waals surface area contributed by atoms with Crippen LogP contribution in [0, 0.1) is 10.1 Å². The highest BCUT2D eigenvalue weighted by molar-refractivity contribution is 6.08. The molecule has 1 aromatic rings. The van der Waals surface area contributed by atoms with Gasteiger partial charge in [0.2, 0.25) is 0 Å². The number of carbonyl (C=O) groups is 2. The fourth-order valence-electron chi connectivity index (χ4n) is 3.81. The summed E-state index contributed by atoms with van der Waals surface area (Å²) >= 11 is 0. The summed E-state index contributed by atoms with van der Waals surface area (Å²) < 4.78 is 5.34. The normalized spacial score (nSPS) is 20.7. The monoisotopic (exact) mass is 390 g/mol. The van der Waals surface area contributed by atoms with Gasteiger partial charge in [0.05, 0.1) is 36.3 Å². The number of carbonyl (C=O) groups excluding carboxylic acids is 2. The number of nitrogens with zero attached hydrogens (tertiary/aromatic N) is 2. The van der Waals surface area contributed by atoms with E-state index in [4.69, 9.17) is 4.74 Å². The molecule has 0 aliphatic carbocycles. The zero-order valence-electron chi connectivity index (χ0n) is 15.7. The number of hydrogen-bond acceptors (Lipinski definition) is 6. The number of Topliss-reactive ketones (excluding diaryl/α,β-unsaturated/α-hetero) is 1. The van der Waals surface area contributed by atoms with Crippen LogP contribution in [0.5, 0.6) is 0 Å². The summed E-state index contributed by atoms with van der Waals surface area (Å²) in [5.41, 5.74) is 0.302. The van der Waals surface area contributed by atoms with Crippen molar-refractivity contribution in [3.05, 3.63) is 51.3 Å². The van der Waals surface area contributed by atoms with E-state index < -0.39 is 28.4 Å². The zero-order valence-corrected chi connectivity index (χ0v) is 15.7. The Balaban J connectivity index is 1.83. The van der Waals surface area contributed by atoms with Crippen molar-refractivity contribution in [3.8, 4) is 0 Å². The third-order valence-corrected chi connectivity index (χ3v) is 5.21. The van der Waals surface area contributed by atoms with Crippen LogP contribution in [-0.4, -0.2) is 66.0 Å². The first-order chi connectivity index (χ1) is 13.4. The van der Waals surface area contributed by atoms with Gasteiger partial charge in [0.1, 0.15) is 13.1 Å². The smallest absolute Gasteiger partial charge is 0.290 e. The average Bonchev–Trinajstić information content (AvgIpc) is 2.94. The van der Waals surface area contributed by atoms with Crippen molar-refractivity contribution in [1.82, 2.24) is 4.90 Å². The molecule has 1 amide bonds. The number of morpholine rings is 1. The van der Waals surface area contributed by atoms with Gasteiger partial charge in [0, 0.05) is 25.1 Å². The van der Waals surface area contributed by atoms with Gasteiger partial charge in [-0.25, -0.2) is 0 Å². The van der Waals surface area contributed by atoms with E-state index in [1.165, 1.54) is 34.9 Å². The molecule has 9 heteroatoms. The number of nitrogens with one attached hydrogen (secondary N) is 1. The number of aliphatic hydroxyl groups excluding tert-OH is 1. The minimum atomic E-state index is -0.815. The molecule has 0 bridgehead atoms. The third kappa shape index (κ3) is 4.05. The molecule has 1 fully saturated rings. The van der Waals surface area contributed by atoms with E-state index in [0.29, 0.717) is 31.7 Å². The Bertz CT molecular complexity index is 816. The first-order valence-electron chi connectivity index (χ1n) is 9.31. The van der Waals surface area contributed by atoms with Crippen LogP contribution >= 0.6 is 0 Å². The topological polar surface area (TPSA) is 114 Å². The summed E-state index contributed by atoms with van der Waals surface area (Å²) in [5, 5.41) is 21.4. The largest absolute Gasteiger partial charge is 0.503 e. The standard InChI is InChI=1S/C19H23N3O6/c1-13(23)16-17(14-4-2-5-15(12-14)22(26)27)21(19(25)18(16)24)7-3-6-20-8-10-28-11-9-20/h2,4-5,12,17,24H,3,6-11H2,1H3/p+1/t17-/m1/s1. The van der Waals surface area contributed by atoms with Gasteiger partial charge in [-0.05, 0) is 12.5 Å². The molecule has 150 valence electrons. The Labute approximate surface area is 162 Å². The minimum Gasteiger partial charge on any atom is -0.503 e. The molecule has 0 saturated carbocycles. The molecule has 2 N–H and O–H groups in total. The molecular formula is C19H24N3O6+. The Kier molecular flexibility index (Phi) is 6.05. The predicted molar refractivity (Wildman–Crippen MR) is 98.9 cm³/mol. The van der Waals surface area contributed by atoms with Crippen LogP contribution in [0.1, 0.15) is 24.9 Å². The van der Waals surface area contributed by atoms with E-state index >= 15 is 0 Å². The summed E-state index contributed by atoms with van der Waals surface area (Å²) in [6.07, 6.45) is 0.685. The molecule has 3 rings (SSSR count). The third-order valence-electron chi connectivity index (χ3n) is 5.21. The Morgan fingerprint density at radius 2 is 2.11 bits per heavy atom. The molecule has 1 atom stereocenters. The van der Waals surface area contributed by atoms with Crippen LogP contribution in [-0.2, 0) is 14.3 Å². The first-order valence-corrected chi connectivity index (χ1v) is 9.31. The maximum Gasteiger partial charge on any atom is 0.290 e. The number of rotatable bonds is 7. The van der Waals surface area contributed by atoms with Crippen molar-refractivity contribution in [1.29, 1.82) is 0 Å². The molecule has 1 saturated heterocycles. The van der Waals surface area contributed by atoms with Gasteiger partial charge < -0.3 is 19.6 Å². The molecule has 0 radical (unpaired) electrons. The molecule has 28 heavy (non-hydrogen) atoms. The lowest BCUT2D eigenvalue weighted by Gasteiger charge is -2.28. The second kappa shape index (κ2) is 8.49. The van der Waals surface area contributed by atoms with E-state index in [1.807, 2.05) is 0 Å². The van der Waals surface area contributed by atoms with E-state index in [1.54, 1.807) is 6.07 Å². The second-order valence-corrected chi connectivity index (χ2v) is 7.04. The number of amides is 1. The van der Waals surface area contributed by atoms with Crippen LogP contribution in [0.15, 0.2) is 35.6 Å². The number of ether oxygens (including phenoxy) is 1. The van der Waals surface area contributed by atoms with E-state index in [-0.39, 0.29) is 11.3 Å². The number of quaternary nitrogens is 1. The Hall–Kier alpha value is -2.78. The van der Waals surface area contributed by atoms with Gasteiger partial charge in [-0.1, -0.05) is 12.1 Å². The number of hydrogen-bond donors (Lipinski definition) is 2. The fourth-order valence-corrected chi connectivity index (χ4v) is 3.81. The van der Waals surface area contributed by atoms with Crippen LogP contribution in [0.2, 0.25) is 0 Å². The number of aliphatic hydroxyl groups is 1. The number of benzene rings is 1. The SMILES string of the molecule is CC(=O)C1=C(O)C(=O)N(CCC[NH+]2CCOCC2)[C@@H]1c1cccc([N+](=O)[O-])c1. The van der Waals surface area contributed by atoms with Gasteiger partial charge in [-0.2, -0.15) is 0 Å². The molecule has 1 aromatic carbocycles. The number of nitro groups is 1. The van der Waals surface area contributed by atoms with Crippen LogP contribution < -0.4 is 4.90 Å². The van der Waals surface area contributed by atoms with Crippen molar-refractivity contribution < 1.29 is 29.3 Å². The number of nitro benzene ring substituents is 1. The molecule has 2 aliphatic rings. The molecule has 2 heterocycles. The number of non-ortho nitro benzene ring substituents is 1. The molecular weight excluding hydrogens is 366 g/mol. The van der Waals surface area contributed by atoms with Crippen molar-refractivity contribution in [2.24, 2.45) is 0 Å². The lowest BCUT2D eigenvalue weighted by molar-refractivity contribution is -0.908. The van der Waals surface area contributed by atoms with Crippen molar-refractivity contribution in [2.45, 2.75) is 19.4 Å². The maximum absolute atomic E-state index is 12.6. The zero-order chi connectivity index (χ0) is 20.3. The van der Waals surface area contributed by atoms with Crippen LogP contribution in [0.4, 0.5) is 5.69 Å². The quantitative estimate of drug-likeness (QED) is 0.507. The van der Waals surface area contributed by atoms with Crippen molar-refractivity contribution >= 4 is 17.4 Å². The Morgan fingerprint density at radius 3 is 2.75 bits per heavy atom. The van der Waals surface area contributed by atoms with E-state index in [9.17, 15) is 24.8 Å².